The Morgan fingerprint density at radius 3 is 0.798 bits per heavy atom. The maximum Gasteiger partial charge on any atom is 0.332 e. The van der Waals surface area contributed by atoms with Crippen LogP contribution in [0.2, 0.25) is 0 Å². The Kier molecular flexibility index (Phi) is 27.3. The molecule has 0 spiro atoms. The molecule has 0 radical (unpaired) electrons. The third-order valence-corrected chi connectivity index (χ3v) is 16.6. The van der Waals surface area contributed by atoms with Crippen LogP contribution in [0.25, 0.3) is 0 Å². The summed E-state index contributed by atoms with van der Waals surface area (Å²) < 4.78 is 76.0. The molecule has 0 aromatic carbocycles. The van der Waals surface area contributed by atoms with E-state index in [9.17, 15) is 96.7 Å². The monoisotopic (exact) mass is 1230 g/mol. The van der Waals surface area contributed by atoms with Crippen LogP contribution < -0.4 is 0 Å². The van der Waals surface area contributed by atoms with E-state index in [1.54, 1.807) is 0 Å². The van der Waals surface area contributed by atoms with Crippen molar-refractivity contribution in [2.24, 2.45) is 0 Å². The fourth-order valence-electron chi connectivity index (χ4n) is 11.7. The van der Waals surface area contributed by atoms with Gasteiger partial charge in [0.1, 0.15) is 146 Å². The molecule has 0 amide bonds. The average molecular weight is 1230 g/mol. The van der Waals surface area contributed by atoms with Crippen molar-refractivity contribution in [3.63, 3.8) is 0 Å². The third-order valence-electron chi connectivity index (χ3n) is 16.6. The number of hydrogen-bond donors (Lipinski definition) is 18. The Labute approximate surface area is 483 Å². The van der Waals surface area contributed by atoms with Crippen LogP contribution in [0.4, 0.5) is 0 Å². The van der Waals surface area contributed by atoms with E-state index in [0.29, 0.717) is 12.8 Å². The molecule has 31 atom stereocenters. The van der Waals surface area contributed by atoms with Gasteiger partial charge >= 0.3 is 5.97 Å². The first kappa shape index (κ1) is 69.7. The topological polar surface area (TPSA) is 501 Å². The van der Waals surface area contributed by atoms with Gasteiger partial charge in [-0.05, 0) is 6.42 Å². The molecule has 1 unspecified atom stereocenters. The quantitative estimate of drug-likeness (QED) is 0.0448. The molecule has 490 valence electrons. The molecular weight excluding hydrogens is 1140 g/mol. The molecule has 12 bridgehead atoms. The van der Waals surface area contributed by atoms with Gasteiger partial charge in [-0.1, -0.05) is 84.0 Å². The highest BCUT2D eigenvalue weighted by Gasteiger charge is 2.59. The number of ether oxygens (including phenoxy) is 13. The van der Waals surface area contributed by atoms with E-state index < -0.39 is 236 Å². The number of unbranched alkanes of at least 4 members (excludes halogenated alkanes) is 11. The van der Waals surface area contributed by atoms with Gasteiger partial charge in [-0.3, -0.25) is 0 Å². The molecule has 0 aliphatic carbocycles. The maximum absolute atomic E-state index is 12.9. The first-order valence-electron chi connectivity index (χ1n) is 29.1. The summed E-state index contributed by atoms with van der Waals surface area (Å²) in [5.41, 5.74) is 0. The summed E-state index contributed by atoms with van der Waals surface area (Å²) in [4.78, 5) is 12.9. The van der Waals surface area contributed by atoms with E-state index in [4.69, 9.17) is 61.6 Å². The van der Waals surface area contributed by atoms with Crippen molar-refractivity contribution in [2.75, 3.05) is 39.6 Å². The second-order valence-corrected chi connectivity index (χ2v) is 22.5. The van der Waals surface area contributed by atoms with Crippen LogP contribution in [-0.2, 0) is 66.4 Å². The lowest BCUT2D eigenvalue weighted by Crippen LogP contribution is -2.69. The van der Waals surface area contributed by atoms with E-state index in [-0.39, 0.29) is 6.42 Å². The lowest BCUT2D eigenvalue weighted by molar-refractivity contribution is -0.405. The first-order valence-corrected chi connectivity index (χ1v) is 29.1. The lowest BCUT2D eigenvalue weighted by Gasteiger charge is -2.51. The van der Waals surface area contributed by atoms with Crippen molar-refractivity contribution in [3.05, 3.63) is 0 Å². The van der Waals surface area contributed by atoms with Crippen molar-refractivity contribution in [3.8, 4) is 0 Å². The lowest BCUT2D eigenvalue weighted by atomic mass is 9.94. The van der Waals surface area contributed by atoms with Crippen LogP contribution in [-0.4, -0.2) is 328 Å². The highest BCUT2D eigenvalue weighted by molar-refractivity contribution is 5.72. The number of carbonyl (C=O) groups is 1. The molecular formula is C52H90O32. The Morgan fingerprint density at radius 1 is 0.321 bits per heavy atom. The highest BCUT2D eigenvalue weighted by Crippen LogP contribution is 2.39. The molecule has 22 aliphatic rings. The minimum atomic E-state index is -2.23. The van der Waals surface area contributed by atoms with E-state index >= 15 is 0 Å². The zero-order chi connectivity index (χ0) is 61.1. The molecule has 32 heteroatoms. The fraction of sp³-hybridized carbons (Fsp3) is 0.981. The second kappa shape index (κ2) is 32.8. The van der Waals surface area contributed by atoms with Gasteiger partial charge in [0.2, 0.25) is 0 Å². The Balaban J connectivity index is 1.17. The Morgan fingerprint density at radius 2 is 0.548 bits per heavy atom. The van der Waals surface area contributed by atoms with Gasteiger partial charge in [0.15, 0.2) is 43.8 Å². The number of aliphatic hydroxyl groups is 17. The second-order valence-electron chi connectivity index (χ2n) is 22.5. The Bertz CT molecular complexity index is 1910. The van der Waals surface area contributed by atoms with Crippen LogP contribution in [0.15, 0.2) is 0 Å². The number of hydrogen-bond acceptors (Lipinski definition) is 31. The van der Waals surface area contributed by atoms with Crippen LogP contribution in [0.3, 0.4) is 0 Å². The largest absolute Gasteiger partial charge is 0.479 e. The molecule has 0 aromatic rings. The zero-order valence-corrected chi connectivity index (χ0v) is 46.6. The first-order chi connectivity index (χ1) is 40.3. The molecule has 84 heavy (non-hydrogen) atoms. The van der Waals surface area contributed by atoms with Crippen LogP contribution in [0, 0.1) is 0 Å². The summed E-state index contributed by atoms with van der Waals surface area (Å²) in [7, 11) is 0. The Hall–Kier alpha value is -1.73. The molecule has 22 fully saturated rings. The summed E-state index contributed by atoms with van der Waals surface area (Å²) in [6, 6.07) is 0. The van der Waals surface area contributed by atoms with Crippen molar-refractivity contribution in [1.82, 2.24) is 0 Å². The summed E-state index contributed by atoms with van der Waals surface area (Å²) >= 11 is 0. The fourth-order valence-corrected chi connectivity index (χ4v) is 11.7. The number of carboxylic acid groups (broad SMARTS) is 1. The van der Waals surface area contributed by atoms with E-state index in [1.807, 2.05) is 0 Å². The summed E-state index contributed by atoms with van der Waals surface area (Å²) in [5, 5.41) is 200. The summed E-state index contributed by atoms with van der Waals surface area (Å²) in [6.45, 7) is -4.04. The van der Waals surface area contributed by atoms with Gasteiger partial charge in [0.05, 0.1) is 39.6 Å². The highest BCUT2D eigenvalue weighted by atomic mass is 16.8. The van der Waals surface area contributed by atoms with Gasteiger partial charge in [0.25, 0.3) is 0 Å². The predicted octanol–water partition coefficient (Wildman–Crippen LogP) is -7.49. The molecule has 22 rings (SSSR count). The van der Waals surface area contributed by atoms with Crippen molar-refractivity contribution in [1.29, 1.82) is 0 Å². The van der Waals surface area contributed by atoms with Gasteiger partial charge in [-0.15, -0.1) is 0 Å². The van der Waals surface area contributed by atoms with Crippen molar-refractivity contribution in [2.45, 2.75) is 281 Å². The minimum Gasteiger partial charge on any atom is -0.479 e. The number of carboxylic acids is 1. The molecule has 0 saturated carbocycles. The standard InChI is InChI=1S/C52H90O32/c1-2-3-4-5-6-7-8-9-10-11-12-13-14-21(46(70)71)72-45-38(69)52-78-27(20-58)44(45)84-51-37(68)32(63)42(25(18-56)77-51)82-49-35(66)30(61)40(23(16-54)75-49)80-47-33(64)28(59)39(22(15-53)73-47)79-48-34(65)29(60)41(24(17-55)74-48)81-50-36(67)31(62)43(83-52)26(19-57)76-50/h21-45,47-69H,2-20H2,1H3,(H,70,71)/t21?,22-,23-,24-,25-,26-,27-,28-,29-,30-,31-,32-,33-,34-,35-,36-,37-,38-,39-,40-,41-,42-,43-,44+,45-,47-,48-,49-,50-,51-,52-/m1/s1. The van der Waals surface area contributed by atoms with Crippen LogP contribution in [0.1, 0.15) is 90.4 Å². The molecule has 32 nitrogen and oxygen atoms in total. The van der Waals surface area contributed by atoms with E-state index in [0.717, 1.165) is 44.9 Å². The smallest absolute Gasteiger partial charge is 0.332 e. The predicted molar refractivity (Wildman–Crippen MR) is 272 cm³/mol. The van der Waals surface area contributed by atoms with Crippen molar-refractivity contribution >= 4 is 5.97 Å². The molecule has 0 aromatic heterocycles. The van der Waals surface area contributed by atoms with Crippen LogP contribution in [0.5, 0.6) is 0 Å². The molecule has 22 heterocycles. The zero-order valence-electron chi connectivity index (χ0n) is 46.6. The molecule has 22 aliphatic heterocycles. The third kappa shape index (κ3) is 16.2. The number of rotatable bonds is 22. The summed E-state index contributed by atoms with van der Waals surface area (Å²) in [6.07, 6.45) is -49.9. The van der Waals surface area contributed by atoms with Gasteiger partial charge in [0, 0.05) is 0 Å². The average Bonchev–Trinajstić information content (AvgIpc) is 1.89. The summed E-state index contributed by atoms with van der Waals surface area (Å²) in [5.74, 6) is -1.49. The van der Waals surface area contributed by atoms with Gasteiger partial charge < -0.3 is 153 Å². The SMILES string of the molecule is CCCCCCCCCCCCCCC(O[C@@H]1[C@@H](O)[C@H]2O[C@H]3[C@H](O)[C@@H](O)[C@@H](O[C@H]4[C@H](O)[C@@H](O)[C@@H](O[C@H]5[C@H](O)[C@@H](O)[C@@H](O[C@H]6[C@H](O)[C@@H](O)[C@@H](O[C@H]7[C@H](O)[C@@H](O)[C@@H](O[C@H]1[C@@H](CO)O2)O[C@@H]7CO)O[C@@H]6CO)O[C@@H]5CO)O[C@@H]4CO)O[C@@H]3CO)C(=O)O. The van der Waals surface area contributed by atoms with E-state index in [1.165, 1.54) is 19.3 Å². The molecule has 22 saturated heterocycles. The van der Waals surface area contributed by atoms with Gasteiger partial charge in [-0.25, -0.2) is 4.79 Å². The maximum atomic E-state index is 12.9. The molecule has 18 N–H and O–H groups in total. The van der Waals surface area contributed by atoms with Gasteiger partial charge in [-0.2, -0.15) is 0 Å². The minimum absolute atomic E-state index is 0.123. The number of aliphatic hydroxyl groups excluding tert-OH is 17. The van der Waals surface area contributed by atoms with E-state index in [2.05, 4.69) is 6.92 Å². The number of aliphatic carboxylic acids is 1. The van der Waals surface area contributed by atoms with Crippen LogP contribution >= 0.6 is 0 Å². The normalized spacial score (nSPS) is 46.4. The van der Waals surface area contributed by atoms with Crippen molar-refractivity contribution < 1.29 is 158 Å².